The molecule has 0 aliphatic carbocycles. The smallest absolute Gasteiger partial charge is 0.255 e. The van der Waals surface area contributed by atoms with Crippen LogP contribution in [0.3, 0.4) is 0 Å². The number of aryl methyl sites for hydroxylation is 1. The van der Waals surface area contributed by atoms with E-state index in [2.05, 4.69) is 24.4 Å². The predicted octanol–water partition coefficient (Wildman–Crippen LogP) is 3.71. The first-order valence-electron chi connectivity index (χ1n) is 10.1. The van der Waals surface area contributed by atoms with Crippen LogP contribution in [-0.4, -0.2) is 32.6 Å². The molecule has 0 unspecified atom stereocenters. The molecule has 0 saturated carbocycles. The van der Waals surface area contributed by atoms with Crippen molar-refractivity contribution in [2.45, 2.75) is 19.4 Å². The van der Waals surface area contributed by atoms with Gasteiger partial charge in [-0.25, -0.2) is 0 Å². The van der Waals surface area contributed by atoms with Crippen molar-refractivity contribution >= 4 is 23.2 Å². The minimum Gasteiger partial charge on any atom is -0.493 e. The molecule has 0 saturated heterocycles. The molecule has 7 nitrogen and oxygen atoms in total. The van der Waals surface area contributed by atoms with Crippen LogP contribution < -0.4 is 25.3 Å². The van der Waals surface area contributed by atoms with E-state index in [-0.39, 0.29) is 35.8 Å². The largest absolute Gasteiger partial charge is 0.493 e. The molecule has 3 N–H and O–H groups in total. The molecule has 168 valence electrons. The van der Waals surface area contributed by atoms with E-state index in [1.54, 1.807) is 23.5 Å². The number of carbonyl (C=O) groups is 2. The number of amides is 2. The summed E-state index contributed by atoms with van der Waals surface area (Å²) in [6.07, 6.45) is 0.945. The van der Waals surface area contributed by atoms with E-state index in [1.165, 1.54) is 19.8 Å². The first kappa shape index (κ1) is 23.1. The predicted molar refractivity (Wildman–Crippen MR) is 124 cm³/mol. The Morgan fingerprint density at radius 3 is 2.22 bits per heavy atom. The van der Waals surface area contributed by atoms with Crippen molar-refractivity contribution < 1.29 is 23.8 Å². The van der Waals surface area contributed by atoms with E-state index >= 15 is 0 Å². The van der Waals surface area contributed by atoms with Crippen LogP contribution in [0.4, 0.5) is 0 Å². The average molecular weight is 455 g/mol. The highest BCUT2D eigenvalue weighted by Gasteiger charge is 2.22. The molecule has 0 aliphatic heterocycles. The molecule has 8 heteroatoms. The van der Waals surface area contributed by atoms with Crippen molar-refractivity contribution in [3.05, 3.63) is 75.5 Å². The van der Waals surface area contributed by atoms with Crippen LogP contribution in [0.5, 0.6) is 17.2 Å². The zero-order valence-corrected chi connectivity index (χ0v) is 19.0. The molecule has 0 aliphatic rings. The minimum atomic E-state index is -0.635. The molecular weight excluding hydrogens is 428 g/mol. The third-order valence-corrected chi connectivity index (χ3v) is 5.84. The van der Waals surface area contributed by atoms with Gasteiger partial charge in [0, 0.05) is 10.4 Å². The number of methoxy groups -OCH3 is 2. The summed E-state index contributed by atoms with van der Waals surface area (Å²) in [5, 5.41) is 5.09. The summed E-state index contributed by atoms with van der Waals surface area (Å²) in [5.74, 6) is -0.216. The maximum atomic E-state index is 13.2. The normalized spacial score (nSPS) is 11.5. The van der Waals surface area contributed by atoms with E-state index < -0.39 is 5.91 Å². The summed E-state index contributed by atoms with van der Waals surface area (Å²) in [6, 6.07) is 14.9. The molecule has 0 spiro atoms. The Bertz CT molecular complexity index is 1040. The number of carbonyl (C=O) groups excluding carboxylic acids is 2. The average Bonchev–Trinajstić information content (AvgIpc) is 3.35. The topological polar surface area (TPSA) is 99.9 Å². The third-order valence-electron chi connectivity index (χ3n) is 4.91. The highest BCUT2D eigenvalue weighted by atomic mass is 32.1. The van der Waals surface area contributed by atoms with Gasteiger partial charge < -0.3 is 25.3 Å². The number of nitrogens with one attached hydrogen (secondary N) is 1. The lowest BCUT2D eigenvalue weighted by molar-refractivity contribution is -0.120. The first-order valence-corrected chi connectivity index (χ1v) is 10.9. The number of primary amides is 1. The first-order chi connectivity index (χ1) is 15.5. The van der Waals surface area contributed by atoms with Crippen LogP contribution in [0.2, 0.25) is 0 Å². The van der Waals surface area contributed by atoms with E-state index in [4.69, 9.17) is 19.9 Å². The number of thiophene rings is 1. The van der Waals surface area contributed by atoms with Gasteiger partial charge in [0.25, 0.3) is 11.8 Å². The van der Waals surface area contributed by atoms with Crippen LogP contribution in [0.25, 0.3) is 0 Å². The highest BCUT2D eigenvalue weighted by Crippen LogP contribution is 2.39. The Morgan fingerprint density at radius 2 is 1.72 bits per heavy atom. The van der Waals surface area contributed by atoms with Crippen molar-refractivity contribution in [3.8, 4) is 17.2 Å². The fourth-order valence-corrected chi connectivity index (χ4v) is 4.03. The summed E-state index contributed by atoms with van der Waals surface area (Å²) in [7, 11) is 2.88. The number of nitrogens with two attached hydrogens (primary N) is 1. The van der Waals surface area contributed by atoms with Crippen molar-refractivity contribution in [1.29, 1.82) is 0 Å². The number of hydrogen-bond donors (Lipinski definition) is 2. The quantitative estimate of drug-likeness (QED) is 0.486. The molecule has 3 rings (SSSR count). The molecule has 1 aromatic heterocycles. The summed E-state index contributed by atoms with van der Waals surface area (Å²) in [5.41, 5.74) is 7.71. The van der Waals surface area contributed by atoms with Crippen molar-refractivity contribution in [2.24, 2.45) is 5.73 Å². The molecule has 32 heavy (non-hydrogen) atoms. The second-order valence-corrected chi connectivity index (χ2v) is 7.96. The van der Waals surface area contributed by atoms with Crippen LogP contribution >= 0.6 is 11.3 Å². The van der Waals surface area contributed by atoms with Crippen LogP contribution in [0, 0.1) is 0 Å². The molecule has 0 radical (unpaired) electrons. The van der Waals surface area contributed by atoms with Gasteiger partial charge >= 0.3 is 0 Å². The number of rotatable bonds is 10. The lowest BCUT2D eigenvalue weighted by Gasteiger charge is -2.20. The van der Waals surface area contributed by atoms with Gasteiger partial charge in [0.1, 0.15) is 0 Å². The zero-order valence-electron chi connectivity index (χ0n) is 18.2. The summed E-state index contributed by atoms with van der Waals surface area (Å²) in [4.78, 5) is 25.4. The maximum absolute atomic E-state index is 13.2. The zero-order chi connectivity index (χ0) is 23.1. The highest BCUT2D eigenvalue weighted by molar-refractivity contribution is 7.10. The van der Waals surface area contributed by atoms with Crippen molar-refractivity contribution in [2.75, 3.05) is 20.8 Å². The number of ether oxygens (including phenoxy) is 3. The van der Waals surface area contributed by atoms with Crippen LogP contribution in [0.1, 0.15) is 39.3 Å². The third kappa shape index (κ3) is 5.39. The summed E-state index contributed by atoms with van der Waals surface area (Å²) >= 11 is 1.57. The maximum Gasteiger partial charge on any atom is 0.255 e. The van der Waals surface area contributed by atoms with E-state index in [1.807, 2.05) is 29.6 Å². The Morgan fingerprint density at radius 1 is 1.06 bits per heavy atom. The minimum absolute atomic E-state index is 0.204. The van der Waals surface area contributed by atoms with E-state index in [0.717, 1.165) is 16.9 Å². The lowest BCUT2D eigenvalue weighted by atomic mass is 10.0. The Balaban J connectivity index is 1.92. The lowest BCUT2D eigenvalue weighted by Crippen LogP contribution is -2.29. The monoisotopic (exact) mass is 454 g/mol. The van der Waals surface area contributed by atoms with Gasteiger partial charge in [-0.15, -0.1) is 11.3 Å². The van der Waals surface area contributed by atoms with Crippen LogP contribution in [-0.2, 0) is 11.2 Å². The fourth-order valence-electron chi connectivity index (χ4n) is 3.23. The SMILES string of the molecule is CCc1ccc([C@H](NC(=O)c2cc(OC)c(OCC(N)=O)c(OC)c2)c2cccs2)cc1. The standard InChI is InChI=1S/C24H26N2O5S/c1-4-15-7-9-16(10-8-15)22(20-6-5-11-32-20)26-24(28)17-12-18(29-2)23(19(13-17)30-3)31-14-21(25)27/h5-13,22H,4,14H2,1-3H3,(H2,25,27)(H,26,28)/t22-/m0/s1. The molecule has 1 heterocycles. The van der Waals surface area contributed by atoms with Gasteiger partial charge in [-0.1, -0.05) is 37.3 Å². The summed E-state index contributed by atoms with van der Waals surface area (Å²) in [6.45, 7) is 1.76. The summed E-state index contributed by atoms with van der Waals surface area (Å²) < 4.78 is 16.1. The van der Waals surface area contributed by atoms with Gasteiger partial charge in [0.05, 0.1) is 20.3 Å². The molecule has 2 amide bonds. The second-order valence-electron chi connectivity index (χ2n) is 6.98. The van der Waals surface area contributed by atoms with Crippen molar-refractivity contribution in [3.63, 3.8) is 0 Å². The van der Waals surface area contributed by atoms with Gasteiger partial charge in [-0.3, -0.25) is 9.59 Å². The molecule has 1 atom stereocenters. The molecule has 3 aromatic rings. The second kappa shape index (κ2) is 10.7. The van der Waals surface area contributed by atoms with Crippen LogP contribution in [0.15, 0.2) is 53.9 Å². The van der Waals surface area contributed by atoms with Crippen molar-refractivity contribution in [1.82, 2.24) is 5.32 Å². The van der Waals surface area contributed by atoms with Gasteiger partial charge in [-0.05, 0) is 41.1 Å². The van der Waals surface area contributed by atoms with Gasteiger partial charge in [0.2, 0.25) is 5.75 Å². The van der Waals surface area contributed by atoms with Gasteiger partial charge in [-0.2, -0.15) is 0 Å². The van der Waals surface area contributed by atoms with E-state index in [0.29, 0.717) is 5.56 Å². The molecular formula is C24H26N2O5S. The molecule has 2 aromatic carbocycles. The molecule has 0 fully saturated rings. The number of hydrogen-bond acceptors (Lipinski definition) is 6. The van der Waals surface area contributed by atoms with E-state index in [9.17, 15) is 9.59 Å². The Labute approximate surface area is 191 Å². The van der Waals surface area contributed by atoms with Gasteiger partial charge in [0.15, 0.2) is 18.1 Å². The Hall–Kier alpha value is -3.52. The fraction of sp³-hybridized carbons (Fsp3) is 0.250. The molecule has 0 bridgehead atoms. The number of benzene rings is 2. The Kier molecular flexibility index (Phi) is 7.72.